The first-order valence-corrected chi connectivity index (χ1v) is 13.4. The second kappa shape index (κ2) is 13.3. The maximum atomic E-state index is 13.1. The number of halogens is 4. The van der Waals surface area contributed by atoms with Crippen molar-refractivity contribution in [1.29, 1.82) is 0 Å². The summed E-state index contributed by atoms with van der Waals surface area (Å²) in [6, 6.07) is 11.7. The third kappa shape index (κ3) is 9.88. The summed E-state index contributed by atoms with van der Waals surface area (Å²) in [7, 11) is 1.33. The number of nitrogens with one attached hydrogen (secondary N) is 3. The van der Waals surface area contributed by atoms with Crippen molar-refractivity contribution in [1.82, 2.24) is 4.98 Å². The summed E-state index contributed by atoms with van der Waals surface area (Å²) in [6.07, 6.45) is -2.62. The topological polar surface area (TPSA) is 119 Å². The monoisotopic (exact) mass is 620 g/mol. The Morgan fingerprint density at radius 1 is 0.860 bits per heavy atom. The molecule has 9 nitrogen and oxygen atoms in total. The summed E-state index contributed by atoms with van der Waals surface area (Å²) in [6.45, 7) is 7.34. The number of carbonyl (C=O) groups excluding carboxylic acids is 3. The molecule has 0 saturated heterocycles. The Bertz CT molecular complexity index is 1480. The molecule has 0 saturated carbocycles. The van der Waals surface area contributed by atoms with E-state index in [2.05, 4.69) is 20.9 Å². The minimum Gasteiger partial charge on any atom is -0.469 e. The van der Waals surface area contributed by atoms with Crippen molar-refractivity contribution in [2.45, 2.75) is 46.7 Å². The van der Waals surface area contributed by atoms with Gasteiger partial charge in [-0.1, -0.05) is 25.4 Å². The molecule has 3 N–H and O–H groups in total. The molecule has 1 heterocycles. The average molecular weight is 621 g/mol. The van der Waals surface area contributed by atoms with Crippen molar-refractivity contribution in [3.05, 3.63) is 71.4 Å². The van der Waals surface area contributed by atoms with E-state index in [0.29, 0.717) is 23.6 Å². The number of pyridine rings is 1. The van der Waals surface area contributed by atoms with E-state index in [-0.39, 0.29) is 29.8 Å². The lowest BCUT2D eigenvalue weighted by atomic mass is 9.73. The van der Waals surface area contributed by atoms with Crippen LogP contribution in [-0.4, -0.2) is 30.0 Å². The van der Waals surface area contributed by atoms with Crippen LogP contribution in [0, 0.1) is 10.8 Å². The van der Waals surface area contributed by atoms with Crippen LogP contribution in [0.15, 0.2) is 60.8 Å². The van der Waals surface area contributed by atoms with Gasteiger partial charge in [0.2, 0.25) is 5.91 Å². The van der Waals surface area contributed by atoms with E-state index in [1.165, 1.54) is 19.4 Å². The number of benzene rings is 2. The van der Waals surface area contributed by atoms with Gasteiger partial charge in [-0.15, -0.1) is 0 Å². The Balaban J connectivity index is 1.56. The van der Waals surface area contributed by atoms with E-state index in [0.717, 1.165) is 12.1 Å². The van der Waals surface area contributed by atoms with Gasteiger partial charge in [0, 0.05) is 30.1 Å². The third-order valence-corrected chi connectivity index (χ3v) is 6.50. The summed E-state index contributed by atoms with van der Waals surface area (Å²) in [4.78, 5) is 41.2. The number of methoxy groups -OCH3 is 1. The largest absolute Gasteiger partial charge is 0.469 e. The van der Waals surface area contributed by atoms with Gasteiger partial charge in [-0.3, -0.25) is 9.59 Å². The van der Waals surface area contributed by atoms with Gasteiger partial charge in [0.1, 0.15) is 17.3 Å². The van der Waals surface area contributed by atoms with E-state index in [9.17, 15) is 27.6 Å². The number of ether oxygens (including phenoxy) is 2. The summed E-state index contributed by atoms with van der Waals surface area (Å²) >= 11 is 5.61. The average Bonchev–Trinajstić information content (AvgIpc) is 2.89. The van der Waals surface area contributed by atoms with Crippen molar-refractivity contribution < 1.29 is 37.0 Å². The Morgan fingerprint density at radius 2 is 1.49 bits per heavy atom. The minimum atomic E-state index is -4.66. The molecular weight excluding hydrogens is 589 g/mol. The summed E-state index contributed by atoms with van der Waals surface area (Å²) in [5.41, 5.74) is -2.03. The molecule has 0 atom stereocenters. The van der Waals surface area contributed by atoms with E-state index in [1.807, 2.05) is 13.8 Å². The summed E-state index contributed by atoms with van der Waals surface area (Å²) in [5, 5.41) is 7.14. The highest BCUT2D eigenvalue weighted by Crippen LogP contribution is 2.38. The van der Waals surface area contributed by atoms with Gasteiger partial charge in [0.15, 0.2) is 0 Å². The first kappa shape index (κ1) is 33.2. The Morgan fingerprint density at radius 3 is 2.12 bits per heavy atom. The van der Waals surface area contributed by atoms with E-state index >= 15 is 0 Å². The Labute approximate surface area is 252 Å². The van der Waals surface area contributed by atoms with Gasteiger partial charge < -0.3 is 25.4 Å². The molecule has 0 bridgehead atoms. The molecule has 0 spiro atoms. The van der Waals surface area contributed by atoms with Gasteiger partial charge in [0.25, 0.3) is 0 Å². The number of aromatic nitrogens is 1. The van der Waals surface area contributed by atoms with Gasteiger partial charge in [0.05, 0.1) is 23.1 Å². The molecule has 0 aliphatic carbocycles. The number of carbonyl (C=O) groups is 3. The molecule has 230 valence electrons. The first-order chi connectivity index (χ1) is 20.0. The zero-order valence-electron chi connectivity index (χ0n) is 24.2. The van der Waals surface area contributed by atoms with Gasteiger partial charge in [-0.2, -0.15) is 13.2 Å². The normalized spacial score (nSPS) is 11.8. The summed E-state index contributed by atoms with van der Waals surface area (Å²) in [5.74, 6) is 0.445. The molecule has 0 fully saturated rings. The molecule has 1 aromatic heterocycles. The van der Waals surface area contributed by atoms with Crippen molar-refractivity contribution in [2.75, 3.05) is 23.1 Å². The van der Waals surface area contributed by atoms with Crippen LogP contribution < -0.4 is 20.7 Å². The highest BCUT2D eigenvalue weighted by atomic mass is 35.5. The van der Waals surface area contributed by atoms with E-state index in [1.54, 1.807) is 50.2 Å². The van der Waals surface area contributed by atoms with Crippen LogP contribution in [0.5, 0.6) is 11.5 Å². The molecule has 0 radical (unpaired) electrons. The number of esters is 1. The third-order valence-electron chi connectivity index (χ3n) is 6.17. The molecule has 2 aromatic carbocycles. The SMILES string of the molecule is COC(=O)C(C)(C)CC(C)(C)CC(=O)Nc1cc(Oc2ccc(NC(=O)Nc3ccc(Cl)c(C(F)(F)F)c3)cc2)ccn1. The zero-order chi connectivity index (χ0) is 32.0. The Kier molecular flexibility index (Phi) is 10.3. The highest BCUT2D eigenvalue weighted by molar-refractivity contribution is 6.31. The molecular formula is C30H32ClF3N4O5. The smallest absolute Gasteiger partial charge is 0.417 e. The lowest BCUT2D eigenvalue weighted by Crippen LogP contribution is -2.33. The first-order valence-electron chi connectivity index (χ1n) is 13.0. The van der Waals surface area contributed by atoms with Crippen LogP contribution in [0.3, 0.4) is 0 Å². The van der Waals surface area contributed by atoms with Crippen molar-refractivity contribution in [2.24, 2.45) is 10.8 Å². The predicted octanol–water partition coefficient (Wildman–Crippen LogP) is 8.13. The zero-order valence-corrected chi connectivity index (χ0v) is 24.9. The molecule has 0 unspecified atom stereocenters. The van der Waals surface area contributed by atoms with Crippen molar-refractivity contribution in [3.63, 3.8) is 0 Å². The molecule has 3 amide bonds. The summed E-state index contributed by atoms with van der Waals surface area (Å²) < 4.78 is 49.9. The Hall–Kier alpha value is -4.32. The van der Waals surface area contributed by atoms with Crippen LogP contribution >= 0.6 is 11.6 Å². The van der Waals surface area contributed by atoms with Crippen LogP contribution in [0.2, 0.25) is 5.02 Å². The van der Waals surface area contributed by atoms with E-state index < -0.39 is 33.6 Å². The van der Waals surface area contributed by atoms with Crippen molar-refractivity contribution in [3.8, 4) is 11.5 Å². The number of nitrogens with zero attached hydrogens (tertiary/aromatic N) is 1. The van der Waals surface area contributed by atoms with Gasteiger partial charge in [-0.05, 0) is 74.2 Å². The molecule has 0 aliphatic heterocycles. The number of anilines is 3. The number of amides is 3. The lowest BCUT2D eigenvalue weighted by Gasteiger charge is -2.32. The van der Waals surface area contributed by atoms with Gasteiger partial charge in [-0.25, -0.2) is 9.78 Å². The van der Waals surface area contributed by atoms with Crippen LogP contribution in [0.1, 0.15) is 46.1 Å². The fraction of sp³-hybridized carbons (Fsp3) is 0.333. The second-order valence-electron chi connectivity index (χ2n) is 11.2. The molecule has 43 heavy (non-hydrogen) atoms. The lowest BCUT2D eigenvalue weighted by molar-refractivity contribution is -0.153. The number of hydrogen-bond acceptors (Lipinski definition) is 6. The van der Waals surface area contributed by atoms with Gasteiger partial charge >= 0.3 is 18.2 Å². The standard InChI is InChI=1S/C30H32ClF3N4O5/c1-28(2,17-29(3,4)26(40)42-5)16-25(39)38-24-15-21(12-13-35-24)43-20-9-6-18(7-10-20)36-27(41)37-19-8-11-23(31)22(14-19)30(32,33)34/h6-15H,16-17H2,1-5H3,(H,35,38,39)(H2,36,37,41). The molecule has 3 aromatic rings. The highest BCUT2D eigenvalue weighted by Gasteiger charge is 2.37. The quantitative estimate of drug-likeness (QED) is 0.197. The molecule has 3 rings (SSSR count). The predicted molar refractivity (Wildman–Crippen MR) is 157 cm³/mol. The maximum Gasteiger partial charge on any atom is 0.417 e. The fourth-order valence-corrected chi connectivity index (χ4v) is 4.85. The minimum absolute atomic E-state index is 0.0802. The van der Waals surface area contributed by atoms with E-state index in [4.69, 9.17) is 21.1 Å². The number of urea groups is 1. The number of rotatable bonds is 10. The molecule has 13 heteroatoms. The van der Waals surface area contributed by atoms with Crippen LogP contribution in [0.25, 0.3) is 0 Å². The maximum absolute atomic E-state index is 13.1. The van der Waals surface area contributed by atoms with Crippen molar-refractivity contribution >= 4 is 46.7 Å². The number of hydrogen-bond donors (Lipinski definition) is 3. The second-order valence-corrected chi connectivity index (χ2v) is 11.6. The van der Waals surface area contributed by atoms with Crippen LogP contribution in [-0.2, 0) is 20.5 Å². The number of alkyl halides is 3. The van der Waals surface area contributed by atoms with Crippen LogP contribution in [0.4, 0.5) is 35.2 Å². The fourth-order valence-electron chi connectivity index (χ4n) is 4.63. The molecule has 0 aliphatic rings.